The van der Waals surface area contributed by atoms with Gasteiger partial charge in [-0.05, 0) is 0 Å². The number of hydrogen-bond donors (Lipinski definition) is 4. The Morgan fingerprint density at radius 3 is 1.92 bits per heavy atom. The Morgan fingerprint density at radius 2 is 1.62 bits per heavy atom. The molecule has 0 bridgehead atoms. The first-order chi connectivity index (χ1) is 5.91. The highest BCUT2D eigenvalue weighted by atomic mass is 16.4. The monoisotopic (exact) mass is 193 g/mol. The van der Waals surface area contributed by atoms with E-state index in [1.54, 1.807) is 0 Å². The molecule has 0 aliphatic heterocycles. The van der Waals surface area contributed by atoms with Crippen LogP contribution in [0.1, 0.15) is 0 Å². The van der Waals surface area contributed by atoms with Crippen LogP contribution in [0.2, 0.25) is 0 Å². The van der Waals surface area contributed by atoms with E-state index in [-0.39, 0.29) is 6.29 Å². The fourth-order valence-corrected chi connectivity index (χ4v) is 0.609. The molecule has 13 heavy (non-hydrogen) atoms. The summed E-state index contributed by atoms with van der Waals surface area (Å²) in [6.07, 6.45) is -8.65. The van der Waals surface area contributed by atoms with E-state index >= 15 is 0 Å². The normalized spacial score (nSPS) is 20.0. The van der Waals surface area contributed by atoms with E-state index in [2.05, 4.69) is 0 Å². The summed E-state index contributed by atoms with van der Waals surface area (Å²) in [6, 6.07) is 0. The summed E-state index contributed by atoms with van der Waals surface area (Å²) in [4.78, 5) is 19.8. The largest absolute Gasteiger partial charge is 0.547 e. The number of aliphatic hydroxyl groups is 4. The van der Waals surface area contributed by atoms with Crippen molar-refractivity contribution in [1.82, 2.24) is 0 Å². The van der Waals surface area contributed by atoms with E-state index in [1.807, 2.05) is 0 Å². The Hall–Kier alpha value is -1.02. The van der Waals surface area contributed by atoms with Crippen molar-refractivity contribution in [3.63, 3.8) is 0 Å². The van der Waals surface area contributed by atoms with Gasteiger partial charge in [0.15, 0.2) is 6.29 Å². The summed E-state index contributed by atoms with van der Waals surface area (Å²) in [5, 5.41) is 44.8. The molecule has 76 valence electrons. The molecular weight excluding hydrogens is 184 g/mol. The number of carbonyl (C=O) groups is 2. The van der Waals surface area contributed by atoms with Crippen LogP contribution in [0.5, 0.6) is 0 Å². The maximum atomic E-state index is 9.95. The van der Waals surface area contributed by atoms with Crippen molar-refractivity contribution in [2.24, 2.45) is 0 Å². The lowest BCUT2D eigenvalue weighted by molar-refractivity contribution is -0.320. The van der Waals surface area contributed by atoms with Gasteiger partial charge in [0.25, 0.3) is 0 Å². The molecular formula is C6H9O7-. The van der Waals surface area contributed by atoms with Gasteiger partial charge in [-0.2, -0.15) is 0 Å². The zero-order valence-corrected chi connectivity index (χ0v) is 6.40. The molecule has 0 saturated heterocycles. The minimum absolute atomic E-state index is 0.101. The standard InChI is InChI=1S/C6H10O7/c7-1-2(8)3(9)4(10)5(11)6(12)13/h1-5,8-11H,(H,12,13)/p-1/t2-,3+,4-,5+/m1/s1. The summed E-state index contributed by atoms with van der Waals surface area (Å²) in [7, 11) is 0. The predicted octanol–water partition coefficient (Wildman–Crippen LogP) is -4.62. The van der Waals surface area contributed by atoms with E-state index in [4.69, 9.17) is 20.4 Å². The number of carboxylic acid groups (broad SMARTS) is 1. The van der Waals surface area contributed by atoms with Crippen molar-refractivity contribution in [3.8, 4) is 0 Å². The van der Waals surface area contributed by atoms with E-state index in [0.29, 0.717) is 0 Å². The van der Waals surface area contributed by atoms with Crippen LogP contribution < -0.4 is 5.11 Å². The number of aliphatic hydroxyl groups excluding tert-OH is 4. The van der Waals surface area contributed by atoms with E-state index < -0.39 is 30.4 Å². The lowest BCUT2D eigenvalue weighted by Gasteiger charge is -2.24. The van der Waals surface area contributed by atoms with E-state index in [9.17, 15) is 14.7 Å². The smallest absolute Gasteiger partial charge is 0.151 e. The first-order valence-electron chi connectivity index (χ1n) is 3.30. The molecule has 0 aromatic carbocycles. The van der Waals surface area contributed by atoms with E-state index in [1.165, 1.54) is 0 Å². The average Bonchev–Trinajstić information content (AvgIpc) is 2.12. The highest BCUT2D eigenvalue weighted by Gasteiger charge is 2.30. The molecule has 7 heteroatoms. The predicted molar refractivity (Wildman–Crippen MR) is 35.1 cm³/mol. The first kappa shape index (κ1) is 12.0. The Kier molecular flexibility index (Phi) is 4.49. The number of hydrogen-bond acceptors (Lipinski definition) is 7. The molecule has 0 aromatic heterocycles. The molecule has 7 nitrogen and oxygen atoms in total. The van der Waals surface area contributed by atoms with Crippen LogP contribution in [0.4, 0.5) is 0 Å². The number of aliphatic carboxylic acids is 1. The molecule has 0 rings (SSSR count). The molecule has 0 amide bonds. The van der Waals surface area contributed by atoms with Crippen molar-refractivity contribution in [1.29, 1.82) is 0 Å². The summed E-state index contributed by atoms with van der Waals surface area (Å²) in [6.45, 7) is 0. The van der Waals surface area contributed by atoms with E-state index in [0.717, 1.165) is 0 Å². The Bertz CT molecular complexity index is 191. The molecule has 0 fully saturated rings. The summed E-state index contributed by atoms with van der Waals surface area (Å²) in [5.74, 6) is -2.01. The highest BCUT2D eigenvalue weighted by molar-refractivity contribution is 5.70. The number of carbonyl (C=O) groups excluding carboxylic acids is 2. The van der Waals surface area contributed by atoms with Gasteiger partial charge in [-0.15, -0.1) is 0 Å². The molecule has 4 atom stereocenters. The molecule has 0 saturated carbocycles. The number of carboxylic acids is 1. The maximum Gasteiger partial charge on any atom is 0.151 e. The molecule has 0 aliphatic rings. The van der Waals surface area contributed by atoms with Crippen LogP contribution in [0.25, 0.3) is 0 Å². The average molecular weight is 193 g/mol. The van der Waals surface area contributed by atoms with Gasteiger partial charge in [-0.3, -0.25) is 0 Å². The molecule has 0 radical (unpaired) electrons. The molecule has 0 aliphatic carbocycles. The van der Waals surface area contributed by atoms with Crippen LogP contribution >= 0.6 is 0 Å². The first-order valence-corrected chi connectivity index (χ1v) is 3.30. The minimum Gasteiger partial charge on any atom is -0.547 e. The third-order valence-corrected chi connectivity index (χ3v) is 1.40. The second-order valence-corrected chi connectivity index (χ2v) is 2.37. The van der Waals surface area contributed by atoms with Gasteiger partial charge in [-0.25, -0.2) is 0 Å². The van der Waals surface area contributed by atoms with Crippen molar-refractivity contribution in [2.75, 3.05) is 0 Å². The lowest BCUT2D eigenvalue weighted by Crippen LogP contribution is -2.52. The topological polar surface area (TPSA) is 138 Å². The molecule has 0 heterocycles. The van der Waals surface area contributed by atoms with Crippen LogP contribution in [-0.2, 0) is 9.59 Å². The fourth-order valence-electron chi connectivity index (χ4n) is 0.609. The molecule has 0 spiro atoms. The SMILES string of the molecule is O=C[C@@H](O)[C@H](O)[C@@H](O)[C@H](O)C(=O)[O-]. The van der Waals surface area contributed by atoms with Crippen LogP contribution in [0.3, 0.4) is 0 Å². The Morgan fingerprint density at radius 1 is 1.15 bits per heavy atom. The van der Waals surface area contributed by atoms with Crippen molar-refractivity contribution in [2.45, 2.75) is 24.4 Å². The van der Waals surface area contributed by atoms with Gasteiger partial charge >= 0.3 is 0 Å². The van der Waals surface area contributed by atoms with Crippen LogP contribution in [-0.4, -0.2) is 57.1 Å². The van der Waals surface area contributed by atoms with Crippen LogP contribution in [0, 0.1) is 0 Å². The fraction of sp³-hybridized carbons (Fsp3) is 0.667. The second kappa shape index (κ2) is 4.87. The molecule has 4 N–H and O–H groups in total. The Balaban J connectivity index is 4.32. The third kappa shape index (κ3) is 3.07. The maximum absolute atomic E-state index is 9.95. The zero-order valence-electron chi connectivity index (χ0n) is 6.40. The van der Waals surface area contributed by atoms with Gasteiger partial charge in [0.05, 0.1) is 5.97 Å². The zero-order chi connectivity index (χ0) is 10.6. The summed E-state index contributed by atoms with van der Waals surface area (Å²) in [5.41, 5.74) is 0. The van der Waals surface area contributed by atoms with Gasteiger partial charge in [-0.1, -0.05) is 0 Å². The lowest BCUT2D eigenvalue weighted by atomic mass is 10.0. The van der Waals surface area contributed by atoms with Crippen molar-refractivity contribution in [3.05, 3.63) is 0 Å². The summed E-state index contributed by atoms with van der Waals surface area (Å²) < 4.78 is 0. The minimum atomic E-state index is -2.36. The second-order valence-electron chi connectivity index (χ2n) is 2.37. The van der Waals surface area contributed by atoms with Crippen molar-refractivity contribution < 1.29 is 35.1 Å². The third-order valence-electron chi connectivity index (χ3n) is 1.40. The Labute approximate surface area is 72.9 Å². The van der Waals surface area contributed by atoms with Crippen molar-refractivity contribution >= 4 is 12.3 Å². The van der Waals surface area contributed by atoms with Gasteiger partial charge in [0.1, 0.15) is 24.4 Å². The molecule has 0 aromatic rings. The van der Waals surface area contributed by atoms with Crippen LogP contribution in [0.15, 0.2) is 0 Å². The van der Waals surface area contributed by atoms with Gasteiger partial charge < -0.3 is 35.1 Å². The quantitative estimate of drug-likeness (QED) is 0.322. The highest BCUT2D eigenvalue weighted by Crippen LogP contribution is 2.03. The number of aldehydes is 1. The van der Waals surface area contributed by atoms with Gasteiger partial charge in [0, 0.05) is 0 Å². The van der Waals surface area contributed by atoms with Gasteiger partial charge in [0.2, 0.25) is 0 Å². The number of rotatable bonds is 5. The molecule has 0 unspecified atom stereocenters. The summed E-state index contributed by atoms with van der Waals surface area (Å²) >= 11 is 0.